The fraction of sp³-hybridized carbons (Fsp3) is 0.714. The van der Waals surface area contributed by atoms with Crippen LogP contribution in [0.5, 0.6) is 0 Å². The molecule has 4 aliphatic carbocycles. The molecule has 6 atom stereocenters. The lowest BCUT2D eigenvalue weighted by Gasteiger charge is -2.56. The highest BCUT2D eigenvalue weighted by Crippen LogP contribution is 2.64. The lowest BCUT2D eigenvalue weighted by atomic mass is 9.46. The second-order valence-electron chi connectivity index (χ2n) is 9.08. The van der Waals surface area contributed by atoms with Crippen LogP contribution in [0.15, 0.2) is 11.6 Å². The van der Waals surface area contributed by atoms with Crippen molar-refractivity contribution in [1.29, 1.82) is 0 Å². The zero-order chi connectivity index (χ0) is 18.1. The number of Topliss-reactive ketones (excluding diaryl/α,β-unsaturated/α-hetero) is 3. The van der Waals surface area contributed by atoms with Gasteiger partial charge in [-0.2, -0.15) is 0 Å². The van der Waals surface area contributed by atoms with E-state index in [2.05, 4.69) is 6.92 Å². The average Bonchev–Trinajstić information content (AvgIpc) is 2.82. The number of allylic oxidation sites excluding steroid dienone is 1. The van der Waals surface area contributed by atoms with E-state index in [1.807, 2.05) is 6.92 Å². The highest BCUT2D eigenvalue weighted by Gasteiger charge is 2.66. The maximum atomic E-state index is 13.2. The summed E-state index contributed by atoms with van der Waals surface area (Å²) in [5, 5.41) is 0. The van der Waals surface area contributed by atoms with E-state index < -0.39 is 11.3 Å². The van der Waals surface area contributed by atoms with Crippen LogP contribution in [-0.2, 0) is 19.2 Å². The topological polar surface area (TPSA) is 68.3 Å². The molecule has 0 heterocycles. The van der Waals surface area contributed by atoms with Crippen LogP contribution in [-0.4, -0.2) is 23.1 Å². The largest absolute Gasteiger partial charge is 0.300 e. The molecule has 0 N–H and O–H groups in total. The smallest absolute Gasteiger partial charge is 0.155 e. The summed E-state index contributed by atoms with van der Waals surface area (Å²) in [6, 6.07) is 0. The Morgan fingerprint density at radius 3 is 2.52 bits per heavy atom. The van der Waals surface area contributed by atoms with Gasteiger partial charge in [-0.3, -0.25) is 19.2 Å². The molecule has 0 aromatic carbocycles. The minimum atomic E-state index is -0.813. The quantitative estimate of drug-likeness (QED) is 0.734. The maximum Gasteiger partial charge on any atom is 0.155 e. The molecule has 25 heavy (non-hydrogen) atoms. The van der Waals surface area contributed by atoms with Crippen LogP contribution in [0.25, 0.3) is 0 Å². The van der Waals surface area contributed by atoms with E-state index in [0.717, 1.165) is 19.3 Å². The van der Waals surface area contributed by atoms with Crippen molar-refractivity contribution in [2.24, 2.45) is 34.5 Å². The molecular formula is C21H26O4. The third-order valence-corrected chi connectivity index (χ3v) is 8.09. The molecule has 0 aromatic heterocycles. The highest BCUT2D eigenvalue weighted by atomic mass is 16.2. The van der Waals surface area contributed by atoms with Gasteiger partial charge in [-0.05, 0) is 49.5 Å². The van der Waals surface area contributed by atoms with Crippen molar-refractivity contribution < 1.29 is 19.2 Å². The molecule has 0 unspecified atom stereocenters. The number of hydrogen-bond acceptors (Lipinski definition) is 4. The first-order valence-electron chi connectivity index (χ1n) is 9.50. The molecule has 0 saturated heterocycles. The van der Waals surface area contributed by atoms with Gasteiger partial charge in [-0.25, -0.2) is 0 Å². The lowest BCUT2D eigenvalue weighted by molar-refractivity contribution is -0.154. The van der Waals surface area contributed by atoms with Crippen molar-refractivity contribution in [2.75, 3.05) is 0 Å². The van der Waals surface area contributed by atoms with E-state index in [1.54, 1.807) is 6.08 Å². The third-order valence-electron chi connectivity index (χ3n) is 8.09. The summed E-state index contributed by atoms with van der Waals surface area (Å²) in [5.41, 5.74) is 0.212. The highest BCUT2D eigenvalue weighted by molar-refractivity contribution is 6.03. The molecular weight excluding hydrogens is 316 g/mol. The molecule has 0 bridgehead atoms. The predicted octanol–water partition coefficient (Wildman–Crippen LogP) is 3.08. The second-order valence-corrected chi connectivity index (χ2v) is 9.08. The van der Waals surface area contributed by atoms with Gasteiger partial charge in [0.05, 0.1) is 0 Å². The van der Waals surface area contributed by atoms with E-state index in [9.17, 15) is 19.2 Å². The van der Waals surface area contributed by atoms with E-state index in [1.165, 1.54) is 12.5 Å². The molecule has 4 nitrogen and oxygen atoms in total. The molecule has 0 amide bonds. The normalized spacial score (nSPS) is 46.2. The van der Waals surface area contributed by atoms with Gasteiger partial charge in [0.2, 0.25) is 0 Å². The predicted molar refractivity (Wildman–Crippen MR) is 91.7 cm³/mol. The molecule has 3 fully saturated rings. The van der Waals surface area contributed by atoms with Crippen LogP contribution in [0.2, 0.25) is 0 Å². The number of fused-ring (bicyclic) bond motifs is 5. The van der Waals surface area contributed by atoms with Crippen molar-refractivity contribution in [2.45, 2.75) is 59.3 Å². The van der Waals surface area contributed by atoms with Crippen molar-refractivity contribution in [3.63, 3.8) is 0 Å². The van der Waals surface area contributed by atoms with Crippen LogP contribution < -0.4 is 0 Å². The Bertz CT molecular complexity index is 732. The van der Waals surface area contributed by atoms with Gasteiger partial charge in [0.25, 0.3) is 0 Å². The minimum absolute atomic E-state index is 0.0315. The number of carbonyl (C=O) groups is 4. The second kappa shape index (κ2) is 5.21. The van der Waals surface area contributed by atoms with Crippen LogP contribution in [0.3, 0.4) is 0 Å². The van der Waals surface area contributed by atoms with Crippen LogP contribution in [0.4, 0.5) is 0 Å². The summed E-state index contributed by atoms with van der Waals surface area (Å²) < 4.78 is 0. The van der Waals surface area contributed by atoms with Crippen LogP contribution in [0, 0.1) is 34.5 Å². The molecule has 134 valence electrons. The first kappa shape index (κ1) is 16.9. The molecule has 4 aliphatic rings. The zero-order valence-electron chi connectivity index (χ0n) is 15.3. The zero-order valence-corrected chi connectivity index (χ0v) is 15.3. The van der Waals surface area contributed by atoms with Gasteiger partial charge < -0.3 is 0 Å². The molecule has 4 rings (SSSR count). The Balaban J connectivity index is 1.78. The maximum absolute atomic E-state index is 13.2. The Hall–Kier alpha value is -1.58. The lowest BCUT2D eigenvalue weighted by Crippen LogP contribution is -2.56. The molecule has 0 spiro atoms. The fourth-order valence-electron chi connectivity index (χ4n) is 6.66. The van der Waals surface area contributed by atoms with Gasteiger partial charge >= 0.3 is 0 Å². The minimum Gasteiger partial charge on any atom is -0.300 e. The van der Waals surface area contributed by atoms with E-state index in [0.29, 0.717) is 12.8 Å². The summed E-state index contributed by atoms with van der Waals surface area (Å²) in [4.78, 5) is 50.1. The molecule has 3 saturated carbocycles. The summed E-state index contributed by atoms with van der Waals surface area (Å²) in [6.07, 6.45) is 5.46. The summed E-state index contributed by atoms with van der Waals surface area (Å²) >= 11 is 0. The van der Waals surface area contributed by atoms with Crippen LogP contribution >= 0.6 is 0 Å². The van der Waals surface area contributed by atoms with Gasteiger partial charge in [0.15, 0.2) is 5.78 Å². The Kier molecular flexibility index (Phi) is 3.52. The summed E-state index contributed by atoms with van der Waals surface area (Å²) in [5.74, 6) is -0.129. The van der Waals surface area contributed by atoms with Gasteiger partial charge in [-0.15, -0.1) is 0 Å². The van der Waals surface area contributed by atoms with Gasteiger partial charge in [0.1, 0.15) is 17.3 Å². The SMILES string of the molecule is CC(=O)[C@@H]1CC(=O)[C@@H]2[C@H]3CCC4=CC(=O)CC[C@]4(C)[C@@H]3CC(=O)[C@]21C. The monoisotopic (exact) mass is 342 g/mol. The Labute approximate surface area is 148 Å². The van der Waals surface area contributed by atoms with Gasteiger partial charge in [0, 0.05) is 36.5 Å². The van der Waals surface area contributed by atoms with Crippen molar-refractivity contribution in [1.82, 2.24) is 0 Å². The van der Waals surface area contributed by atoms with Crippen molar-refractivity contribution >= 4 is 23.1 Å². The third kappa shape index (κ3) is 2.06. The molecule has 0 aromatic rings. The molecule has 0 aliphatic heterocycles. The summed E-state index contributed by atoms with van der Waals surface area (Å²) in [7, 11) is 0. The van der Waals surface area contributed by atoms with Crippen LogP contribution in [0.1, 0.15) is 59.3 Å². The standard InChI is InChI=1S/C21H26O4/c1-11(22)15-9-17(24)19-14-5-4-12-8-13(23)6-7-20(12,2)16(14)10-18(25)21(15,19)3/h8,14-16,19H,4-7,9-10H2,1-3H3/t14-,15-,16+,19-,20-,21+/m0/s1. The summed E-state index contributed by atoms with van der Waals surface area (Å²) in [6.45, 7) is 5.56. The molecule has 0 radical (unpaired) electrons. The van der Waals surface area contributed by atoms with Crippen molar-refractivity contribution in [3.8, 4) is 0 Å². The Morgan fingerprint density at radius 2 is 1.84 bits per heavy atom. The first-order chi connectivity index (χ1) is 11.7. The fourth-order valence-corrected chi connectivity index (χ4v) is 6.66. The van der Waals surface area contributed by atoms with E-state index in [-0.39, 0.29) is 52.7 Å². The van der Waals surface area contributed by atoms with E-state index in [4.69, 9.17) is 0 Å². The Morgan fingerprint density at radius 1 is 1.12 bits per heavy atom. The van der Waals surface area contributed by atoms with E-state index >= 15 is 0 Å². The van der Waals surface area contributed by atoms with Crippen molar-refractivity contribution in [3.05, 3.63) is 11.6 Å². The molecule has 4 heteroatoms. The first-order valence-corrected chi connectivity index (χ1v) is 9.50. The number of rotatable bonds is 1. The number of carbonyl (C=O) groups excluding carboxylic acids is 4. The number of ketones is 4. The average molecular weight is 342 g/mol. The number of hydrogen-bond donors (Lipinski definition) is 0. The van der Waals surface area contributed by atoms with Gasteiger partial charge in [-0.1, -0.05) is 19.4 Å².